The Balaban J connectivity index is 1.72. The minimum atomic E-state index is -3.47. The van der Waals surface area contributed by atoms with Gasteiger partial charge in [-0.25, -0.2) is 8.42 Å². The second-order valence-corrected chi connectivity index (χ2v) is 8.14. The predicted octanol–water partition coefficient (Wildman–Crippen LogP) is 3.50. The molecule has 0 amide bonds. The van der Waals surface area contributed by atoms with Gasteiger partial charge in [0.1, 0.15) is 0 Å². The molecule has 0 radical (unpaired) electrons. The highest BCUT2D eigenvalue weighted by Gasteiger charge is 2.28. The average Bonchev–Trinajstić information content (AvgIpc) is 2.55. The molecule has 1 saturated heterocycles. The van der Waals surface area contributed by atoms with E-state index < -0.39 is 10.0 Å². The van der Waals surface area contributed by atoms with Gasteiger partial charge < -0.3 is 4.90 Å². The predicted molar refractivity (Wildman–Crippen MR) is 93.9 cm³/mol. The van der Waals surface area contributed by atoms with Gasteiger partial charge in [0.25, 0.3) is 0 Å². The lowest BCUT2D eigenvalue weighted by atomic mass is 10.2. The van der Waals surface area contributed by atoms with E-state index in [4.69, 9.17) is 23.2 Å². The fourth-order valence-electron chi connectivity index (χ4n) is 2.62. The third kappa shape index (κ3) is 3.63. The van der Waals surface area contributed by atoms with E-state index >= 15 is 0 Å². The number of rotatable bonds is 3. The minimum Gasteiger partial charge on any atom is -0.369 e. The maximum atomic E-state index is 12.6. The van der Waals surface area contributed by atoms with Crippen LogP contribution in [0.5, 0.6) is 0 Å². The van der Waals surface area contributed by atoms with Crippen LogP contribution < -0.4 is 4.90 Å². The van der Waals surface area contributed by atoms with Crippen molar-refractivity contribution in [2.45, 2.75) is 4.90 Å². The van der Waals surface area contributed by atoms with Gasteiger partial charge in [-0.3, -0.25) is 0 Å². The first-order chi connectivity index (χ1) is 11.0. The maximum absolute atomic E-state index is 12.6. The largest absolute Gasteiger partial charge is 0.369 e. The molecule has 2 aromatic rings. The number of nitrogens with zero attached hydrogens (tertiary/aromatic N) is 2. The lowest BCUT2D eigenvalue weighted by Crippen LogP contribution is -2.48. The molecule has 0 N–H and O–H groups in total. The van der Waals surface area contributed by atoms with Gasteiger partial charge in [-0.05, 0) is 42.5 Å². The van der Waals surface area contributed by atoms with Crippen molar-refractivity contribution in [3.8, 4) is 0 Å². The van der Waals surface area contributed by atoms with Crippen LogP contribution in [0.1, 0.15) is 0 Å². The van der Waals surface area contributed by atoms with Crippen LogP contribution in [0.15, 0.2) is 53.4 Å². The molecule has 7 heteroatoms. The third-order valence-corrected chi connectivity index (χ3v) is 6.26. The minimum absolute atomic E-state index is 0.276. The molecule has 1 aliphatic rings. The molecule has 0 unspecified atom stereocenters. The van der Waals surface area contributed by atoms with E-state index in [1.165, 1.54) is 4.31 Å². The van der Waals surface area contributed by atoms with E-state index in [2.05, 4.69) is 4.90 Å². The lowest BCUT2D eigenvalue weighted by molar-refractivity contribution is 0.385. The van der Waals surface area contributed by atoms with Gasteiger partial charge >= 0.3 is 0 Å². The van der Waals surface area contributed by atoms with Crippen molar-refractivity contribution < 1.29 is 8.42 Å². The molecule has 23 heavy (non-hydrogen) atoms. The van der Waals surface area contributed by atoms with Crippen LogP contribution in [0.2, 0.25) is 10.0 Å². The van der Waals surface area contributed by atoms with Gasteiger partial charge in [-0.2, -0.15) is 4.31 Å². The Hall–Kier alpha value is -1.27. The molecule has 1 heterocycles. The average molecular weight is 371 g/mol. The van der Waals surface area contributed by atoms with Gasteiger partial charge in [0, 0.05) is 41.9 Å². The van der Waals surface area contributed by atoms with Crippen molar-refractivity contribution in [1.29, 1.82) is 0 Å². The first kappa shape index (κ1) is 16.6. The molecule has 2 aromatic carbocycles. The van der Waals surface area contributed by atoms with Gasteiger partial charge in [-0.1, -0.05) is 29.3 Å². The molecule has 0 aliphatic carbocycles. The number of halogens is 2. The van der Waals surface area contributed by atoms with Crippen LogP contribution >= 0.6 is 23.2 Å². The standard InChI is InChI=1S/C16H16Cl2N2O2S/c17-13-4-6-16(7-5-13)23(21,22)20-10-8-19(9-11-20)15-3-1-2-14(18)12-15/h1-7,12H,8-11H2. The first-order valence-corrected chi connectivity index (χ1v) is 9.43. The summed E-state index contributed by atoms with van der Waals surface area (Å²) in [5, 5.41) is 1.20. The van der Waals surface area contributed by atoms with E-state index in [9.17, 15) is 8.42 Å². The summed E-state index contributed by atoms with van der Waals surface area (Å²) in [6.45, 7) is 2.15. The topological polar surface area (TPSA) is 40.6 Å². The molecular weight excluding hydrogens is 355 g/mol. The Labute approximate surface area is 146 Å². The zero-order chi connectivity index (χ0) is 16.4. The summed E-state index contributed by atoms with van der Waals surface area (Å²) in [6, 6.07) is 13.9. The van der Waals surface area contributed by atoms with Crippen molar-refractivity contribution >= 4 is 38.9 Å². The fraction of sp³-hybridized carbons (Fsp3) is 0.250. The SMILES string of the molecule is O=S(=O)(c1ccc(Cl)cc1)N1CCN(c2cccc(Cl)c2)CC1. The van der Waals surface area contributed by atoms with Crippen LogP contribution in [-0.4, -0.2) is 38.9 Å². The number of anilines is 1. The number of sulfonamides is 1. The Morgan fingerprint density at radius 3 is 2.09 bits per heavy atom. The summed E-state index contributed by atoms with van der Waals surface area (Å²) in [5.74, 6) is 0. The molecule has 1 aliphatic heterocycles. The highest BCUT2D eigenvalue weighted by molar-refractivity contribution is 7.89. The molecule has 1 fully saturated rings. The molecule has 0 saturated carbocycles. The van der Waals surface area contributed by atoms with E-state index in [1.807, 2.05) is 24.3 Å². The van der Waals surface area contributed by atoms with Crippen LogP contribution in [-0.2, 0) is 10.0 Å². The van der Waals surface area contributed by atoms with Crippen LogP contribution in [0.3, 0.4) is 0 Å². The Morgan fingerprint density at radius 2 is 1.48 bits per heavy atom. The molecule has 0 spiro atoms. The van der Waals surface area contributed by atoms with Gasteiger partial charge in [-0.15, -0.1) is 0 Å². The van der Waals surface area contributed by atoms with E-state index in [0.29, 0.717) is 36.2 Å². The van der Waals surface area contributed by atoms with Crippen LogP contribution in [0, 0.1) is 0 Å². The number of hydrogen-bond acceptors (Lipinski definition) is 3. The molecule has 0 atom stereocenters. The Kier molecular flexibility index (Phi) is 4.82. The maximum Gasteiger partial charge on any atom is 0.243 e. The summed E-state index contributed by atoms with van der Waals surface area (Å²) in [4.78, 5) is 2.41. The van der Waals surface area contributed by atoms with Crippen molar-refractivity contribution in [2.24, 2.45) is 0 Å². The van der Waals surface area contributed by atoms with Crippen molar-refractivity contribution in [3.63, 3.8) is 0 Å². The summed E-state index contributed by atoms with van der Waals surface area (Å²) in [5.41, 5.74) is 1.01. The third-order valence-electron chi connectivity index (χ3n) is 3.86. The molecular formula is C16H16Cl2N2O2S. The number of piperazine rings is 1. The van der Waals surface area contributed by atoms with Gasteiger partial charge in [0.2, 0.25) is 10.0 Å². The zero-order valence-electron chi connectivity index (χ0n) is 12.3. The zero-order valence-corrected chi connectivity index (χ0v) is 14.7. The smallest absolute Gasteiger partial charge is 0.243 e. The lowest BCUT2D eigenvalue weighted by Gasteiger charge is -2.35. The quantitative estimate of drug-likeness (QED) is 0.829. The molecule has 4 nitrogen and oxygen atoms in total. The van der Waals surface area contributed by atoms with Crippen molar-refractivity contribution in [1.82, 2.24) is 4.31 Å². The second kappa shape index (κ2) is 6.69. The Bertz CT molecular complexity index is 786. The van der Waals surface area contributed by atoms with Gasteiger partial charge in [0.15, 0.2) is 0 Å². The number of benzene rings is 2. The molecule has 3 rings (SSSR count). The molecule has 0 bridgehead atoms. The Morgan fingerprint density at radius 1 is 0.826 bits per heavy atom. The molecule has 0 aromatic heterocycles. The first-order valence-electron chi connectivity index (χ1n) is 7.23. The second-order valence-electron chi connectivity index (χ2n) is 5.32. The van der Waals surface area contributed by atoms with Crippen molar-refractivity contribution in [3.05, 3.63) is 58.6 Å². The van der Waals surface area contributed by atoms with Gasteiger partial charge in [0.05, 0.1) is 4.90 Å². The highest BCUT2D eigenvalue weighted by atomic mass is 35.5. The number of hydrogen-bond donors (Lipinski definition) is 0. The highest BCUT2D eigenvalue weighted by Crippen LogP contribution is 2.24. The van der Waals surface area contributed by atoms with Crippen LogP contribution in [0.25, 0.3) is 0 Å². The van der Waals surface area contributed by atoms with E-state index in [-0.39, 0.29) is 4.90 Å². The van der Waals surface area contributed by atoms with E-state index in [1.54, 1.807) is 24.3 Å². The van der Waals surface area contributed by atoms with E-state index in [0.717, 1.165) is 5.69 Å². The fourth-order valence-corrected chi connectivity index (χ4v) is 4.35. The summed E-state index contributed by atoms with van der Waals surface area (Å²) in [7, 11) is -3.47. The summed E-state index contributed by atoms with van der Waals surface area (Å²) in [6.07, 6.45) is 0. The van der Waals surface area contributed by atoms with Crippen LogP contribution in [0.4, 0.5) is 5.69 Å². The normalized spacial score (nSPS) is 16.5. The summed E-state index contributed by atoms with van der Waals surface area (Å²) >= 11 is 11.8. The van der Waals surface area contributed by atoms with Crippen molar-refractivity contribution in [2.75, 3.05) is 31.1 Å². The monoisotopic (exact) mass is 370 g/mol. The summed E-state index contributed by atoms with van der Waals surface area (Å²) < 4.78 is 26.8. The molecule has 122 valence electrons.